The SMILES string of the molecule is COc1ccc(COC(=O)C2=C(C[n+]3cnc(N)c4c3CCC4)CS[C@@H]3[C@H](NC(=O)/C(=N\O[C@H](C(=O)O)c4ccc(O)c(O)c4)c4csc(N)n4)C(=O)N23)cc1.[Cl-]. The summed E-state index contributed by atoms with van der Waals surface area (Å²) in [5, 5.41) is 36.7. The van der Waals surface area contributed by atoms with Gasteiger partial charge < -0.3 is 58.8 Å². The quantitative estimate of drug-likeness (QED) is 0.0225. The van der Waals surface area contributed by atoms with Crippen LogP contribution < -0.4 is 38.5 Å². The van der Waals surface area contributed by atoms with E-state index in [1.54, 1.807) is 37.7 Å². The number of anilines is 2. The summed E-state index contributed by atoms with van der Waals surface area (Å²) in [5.74, 6) is -3.48. The van der Waals surface area contributed by atoms with E-state index in [2.05, 4.69) is 20.4 Å². The lowest BCUT2D eigenvalue weighted by atomic mass is 10.0. The average molecular weight is 839 g/mol. The van der Waals surface area contributed by atoms with Gasteiger partial charge in [-0.1, -0.05) is 23.4 Å². The number of phenolic OH excluding ortho intramolecular Hbond substituents is 2. The van der Waals surface area contributed by atoms with Gasteiger partial charge in [0.1, 0.15) is 47.4 Å². The van der Waals surface area contributed by atoms with Crippen molar-refractivity contribution in [3.8, 4) is 17.2 Å². The molecule has 4 heterocycles. The fourth-order valence-corrected chi connectivity index (χ4v) is 8.43. The highest BCUT2D eigenvalue weighted by atomic mass is 35.5. The predicted octanol–water partition coefficient (Wildman–Crippen LogP) is -1.45. The molecule has 18 nitrogen and oxygen atoms in total. The molecule has 0 radical (unpaired) electrons. The number of nitrogens with one attached hydrogen (secondary N) is 1. The number of rotatable bonds is 13. The van der Waals surface area contributed by atoms with Gasteiger partial charge in [0.05, 0.1) is 12.7 Å². The summed E-state index contributed by atoms with van der Waals surface area (Å²) >= 11 is 2.31. The van der Waals surface area contributed by atoms with Gasteiger partial charge in [0, 0.05) is 28.7 Å². The number of oxime groups is 1. The van der Waals surface area contributed by atoms with E-state index in [0.29, 0.717) is 28.5 Å². The molecule has 2 amide bonds. The van der Waals surface area contributed by atoms with Crippen molar-refractivity contribution in [3.05, 3.63) is 93.5 Å². The van der Waals surface area contributed by atoms with Crippen molar-refractivity contribution in [1.82, 2.24) is 20.2 Å². The summed E-state index contributed by atoms with van der Waals surface area (Å²) in [6.45, 7) is 0.162. The van der Waals surface area contributed by atoms with Crippen LogP contribution in [0.5, 0.6) is 17.2 Å². The Morgan fingerprint density at radius 1 is 1.12 bits per heavy atom. The maximum absolute atomic E-state index is 14.0. The lowest BCUT2D eigenvalue weighted by Crippen LogP contribution is -3.00. The first-order valence-electron chi connectivity index (χ1n) is 17.1. The second kappa shape index (κ2) is 16.9. The third-order valence-electron chi connectivity index (χ3n) is 9.35. The lowest BCUT2D eigenvalue weighted by molar-refractivity contribution is -0.698. The van der Waals surface area contributed by atoms with Gasteiger partial charge in [0.2, 0.25) is 11.9 Å². The van der Waals surface area contributed by atoms with E-state index in [4.69, 9.17) is 25.8 Å². The normalized spacial score (nSPS) is 17.7. The van der Waals surface area contributed by atoms with Gasteiger partial charge in [-0.05, 0) is 47.7 Å². The molecule has 1 aliphatic carbocycles. The molecule has 1 saturated heterocycles. The number of aromatic hydroxyl groups is 2. The number of aliphatic carboxylic acids is 1. The van der Waals surface area contributed by atoms with E-state index in [-0.39, 0.29) is 47.6 Å². The number of thioether (sulfide) groups is 1. The Kier molecular flexibility index (Phi) is 12.0. The van der Waals surface area contributed by atoms with Crippen LogP contribution in [0.4, 0.5) is 10.9 Å². The number of hydrogen-bond donors (Lipinski definition) is 6. The molecule has 2 aliphatic heterocycles. The molecule has 8 N–H and O–H groups in total. The molecule has 57 heavy (non-hydrogen) atoms. The van der Waals surface area contributed by atoms with Crippen LogP contribution in [0.15, 0.2) is 70.6 Å². The summed E-state index contributed by atoms with van der Waals surface area (Å²) in [6.07, 6.45) is 2.28. The number of esters is 1. The molecular formula is C36H35ClN8O10S2. The van der Waals surface area contributed by atoms with Crippen molar-refractivity contribution in [1.29, 1.82) is 0 Å². The van der Waals surface area contributed by atoms with Crippen LogP contribution in [0, 0.1) is 0 Å². The minimum absolute atomic E-state index is 0. The fraction of sp³-hybridized carbons (Fsp3) is 0.278. The third kappa shape index (κ3) is 8.23. The van der Waals surface area contributed by atoms with Crippen molar-refractivity contribution in [2.45, 2.75) is 49.9 Å². The summed E-state index contributed by atoms with van der Waals surface area (Å²) in [7, 11) is 1.54. The first-order valence-corrected chi connectivity index (χ1v) is 19.0. The highest BCUT2D eigenvalue weighted by Crippen LogP contribution is 2.41. The number of halogens is 1. The number of nitrogens with zero attached hydrogens (tertiary/aromatic N) is 5. The number of amides is 2. The number of carbonyl (C=O) groups excluding carboxylic acids is 3. The zero-order chi connectivity index (χ0) is 39.7. The summed E-state index contributed by atoms with van der Waals surface area (Å²) in [6, 6.07) is 9.09. The van der Waals surface area contributed by atoms with E-state index < -0.39 is 58.5 Å². The van der Waals surface area contributed by atoms with Crippen molar-refractivity contribution in [2.24, 2.45) is 5.16 Å². The zero-order valence-electron chi connectivity index (χ0n) is 30.0. The van der Waals surface area contributed by atoms with Crippen LogP contribution in [0.2, 0.25) is 0 Å². The molecule has 0 spiro atoms. The van der Waals surface area contributed by atoms with Gasteiger partial charge in [0.25, 0.3) is 18.1 Å². The number of carbonyl (C=O) groups is 4. The number of methoxy groups -OCH3 is 1. The first kappa shape index (κ1) is 40.5. The number of nitrogens with two attached hydrogens (primary N) is 2. The number of fused-ring (bicyclic) bond motifs is 2. The van der Waals surface area contributed by atoms with Crippen LogP contribution in [-0.4, -0.2) is 83.9 Å². The van der Waals surface area contributed by atoms with E-state index in [1.807, 2.05) is 4.57 Å². The van der Waals surface area contributed by atoms with Gasteiger partial charge in [-0.2, -0.15) is 0 Å². The first-order chi connectivity index (χ1) is 26.9. The van der Waals surface area contributed by atoms with Gasteiger partial charge >= 0.3 is 11.9 Å². The molecule has 21 heteroatoms. The Balaban J connectivity index is 0.00000549. The smallest absolute Gasteiger partial charge is 0.355 e. The molecule has 298 valence electrons. The van der Waals surface area contributed by atoms with Crippen LogP contribution >= 0.6 is 23.1 Å². The number of thiazole rings is 1. The number of carboxylic acid groups (broad SMARTS) is 1. The molecule has 3 atom stereocenters. The molecule has 2 aromatic heterocycles. The summed E-state index contributed by atoms with van der Waals surface area (Å²) in [5.41, 5.74) is 14.7. The molecule has 0 bridgehead atoms. The van der Waals surface area contributed by atoms with Crippen LogP contribution in [0.1, 0.15) is 40.6 Å². The molecular weight excluding hydrogens is 804 g/mol. The Morgan fingerprint density at radius 3 is 2.58 bits per heavy atom. The number of carboxylic acids is 1. The molecule has 0 unspecified atom stereocenters. The molecule has 1 fully saturated rings. The number of nitrogen functional groups attached to an aromatic ring is 2. The number of β-lactam (4-membered cyclic amide) rings is 1. The molecule has 7 rings (SSSR count). The summed E-state index contributed by atoms with van der Waals surface area (Å²) in [4.78, 5) is 68.9. The number of benzene rings is 2. The highest BCUT2D eigenvalue weighted by Gasteiger charge is 2.55. The average Bonchev–Trinajstić information content (AvgIpc) is 3.87. The van der Waals surface area contributed by atoms with E-state index >= 15 is 0 Å². The second-order valence-electron chi connectivity index (χ2n) is 12.9. The van der Waals surface area contributed by atoms with Crippen molar-refractivity contribution >= 4 is 63.5 Å². The van der Waals surface area contributed by atoms with Gasteiger partial charge in [-0.15, -0.1) is 23.1 Å². The lowest BCUT2D eigenvalue weighted by Gasteiger charge is -2.49. The zero-order valence-corrected chi connectivity index (χ0v) is 32.3. The maximum atomic E-state index is 14.0. The van der Waals surface area contributed by atoms with Gasteiger partial charge in [-0.3, -0.25) is 14.5 Å². The minimum Gasteiger partial charge on any atom is -1.00 e. The topological polar surface area (TPSA) is 266 Å². The fourth-order valence-electron chi connectivity index (χ4n) is 6.54. The van der Waals surface area contributed by atoms with Crippen LogP contribution in [-0.2, 0) is 54.7 Å². The Morgan fingerprint density at radius 2 is 1.89 bits per heavy atom. The Labute approximate surface area is 338 Å². The third-order valence-corrected chi connectivity index (χ3v) is 11.4. The number of ether oxygens (including phenoxy) is 2. The second-order valence-corrected chi connectivity index (χ2v) is 14.9. The van der Waals surface area contributed by atoms with E-state index in [9.17, 15) is 34.5 Å². The van der Waals surface area contributed by atoms with Crippen molar-refractivity contribution in [3.63, 3.8) is 0 Å². The summed E-state index contributed by atoms with van der Waals surface area (Å²) < 4.78 is 12.9. The Bertz CT molecular complexity index is 2300. The highest BCUT2D eigenvalue weighted by molar-refractivity contribution is 8.00. The van der Waals surface area contributed by atoms with E-state index in [1.165, 1.54) is 28.1 Å². The van der Waals surface area contributed by atoms with E-state index in [0.717, 1.165) is 54.0 Å². The van der Waals surface area contributed by atoms with Gasteiger partial charge in [0.15, 0.2) is 22.3 Å². The van der Waals surface area contributed by atoms with Gasteiger partial charge in [-0.25, -0.2) is 19.1 Å². The minimum atomic E-state index is -1.82. The van der Waals surface area contributed by atoms with Crippen LogP contribution in [0.25, 0.3) is 0 Å². The van der Waals surface area contributed by atoms with Crippen molar-refractivity contribution in [2.75, 3.05) is 24.3 Å². The van der Waals surface area contributed by atoms with Crippen LogP contribution in [0.3, 0.4) is 0 Å². The largest absolute Gasteiger partial charge is 1.00 e. The van der Waals surface area contributed by atoms with Crippen molar-refractivity contribution < 1.29 is 65.8 Å². The number of aromatic nitrogens is 3. The number of hydrogen-bond acceptors (Lipinski definition) is 16. The Hall–Kier alpha value is -6.12. The molecule has 3 aliphatic rings. The standard InChI is InChI=1S/C36H34N8O10S2.ClH/c1-52-20-8-5-17(6-9-20)13-53-35(51)28-19(12-43-16-39-30(37)21-3-2-4-23(21)43)14-55-33-27(32(48)44(28)33)41-31(47)26(22-15-56-36(38)40-22)42-54-29(34(49)50)18-7-10-24(45)25(46)11-18;/h5-11,15-16,27,29,33,37H,2-4,12-14H2,1H3,(H6,38,40,41,42,45,46,47,49,50);1H/t27-,29+,33-;/m1./s1. The monoisotopic (exact) mass is 838 g/mol. The molecule has 0 saturated carbocycles. The molecule has 2 aromatic carbocycles. The molecule has 4 aromatic rings. The number of phenols is 2. The maximum Gasteiger partial charge on any atom is 0.355 e. The predicted molar refractivity (Wildman–Crippen MR) is 200 cm³/mol.